The predicted octanol–water partition coefficient (Wildman–Crippen LogP) is 3.37. The van der Waals surface area contributed by atoms with E-state index >= 15 is 0 Å². The Bertz CT molecular complexity index is 773. The van der Waals surface area contributed by atoms with Crippen LogP contribution in [0.4, 0.5) is 0 Å². The zero-order valence-electron chi connectivity index (χ0n) is 14.4. The van der Waals surface area contributed by atoms with E-state index in [4.69, 9.17) is 4.74 Å². The molecule has 128 valence electrons. The van der Waals surface area contributed by atoms with Gasteiger partial charge in [0, 0.05) is 49.2 Å². The minimum Gasteiger partial charge on any atom is -0.477 e. The predicted molar refractivity (Wildman–Crippen MR) is 96.9 cm³/mol. The SMILES string of the molecule is CC1=NC(OCC2CC2c2ccccn2)=CCN1Cc1ccncc1. The van der Waals surface area contributed by atoms with E-state index in [0.717, 1.165) is 31.2 Å². The molecule has 25 heavy (non-hydrogen) atoms. The van der Waals surface area contributed by atoms with Crippen molar-refractivity contribution in [3.63, 3.8) is 0 Å². The summed E-state index contributed by atoms with van der Waals surface area (Å²) in [5.41, 5.74) is 2.41. The molecule has 0 bridgehead atoms. The number of hydrogen-bond donors (Lipinski definition) is 0. The molecule has 2 unspecified atom stereocenters. The van der Waals surface area contributed by atoms with Crippen molar-refractivity contribution in [1.82, 2.24) is 14.9 Å². The maximum absolute atomic E-state index is 5.94. The number of amidine groups is 1. The van der Waals surface area contributed by atoms with Crippen molar-refractivity contribution in [3.8, 4) is 0 Å². The normalized spacial score (nSPS) is 22.2. The Morgan fingerprint density at radius 1 is 1.16 bits per heavy atom. The first-order chi connectivity index (χ1) is 12.3. The van der Waals surface area contributed by atoms with Gasteiger partial charge in [-0.2, -0.15) is 0 Å². The van der Waals surface area contributed by atoms with Crippen LogP contribution in [0, 0.1) is 5.92 Å². The summed E-state index contributed by atoms with van der Waals surface area (Å²) in [5, 5.41) is 0. The van der Waals surface area contributed by atoms with Crippen LogP contribution in [0.25, 0.3) is 0 Å². The highest BCUT2D eigenvalue weighted by Gasteiger charge is 2.40. The molecule has 2 aliphatic rings. The first kappa shape index (κ1) is 15.8. The molecule has 2 aromatic heterocycles. The Balaban J connectivity index is 1.28. The molecule has 1 aliphatic heterocycles. The number of aromatic nitrogens is 2. The smallest absolute Gasteiger partial charge is 0.212 e. The van der Waals surface area contributed by atoms with Crippen LogP contribution in [0.5, 0.6) is 0 Å². The van der Waals surface area contributed by atoms with Crippen LogP contribution in [0.3, 0.4) is 0 Å². The topological polar surface area (TPSA) is 50.6 Å². The summed E-state index contributed by atoms with van der Waals surface area (Å²) in [5.74, 6) is 2.83. The summed E-state index contributed by atoms with van der Waals surface area (Å²) < 4.78 is 5.94. The Kier molecular flexibility index (Phi) is 4.46. The average molecular weight is 334 g/mol. The molecular formula is C20H22N4O. The largest absolute Gasteiger partial charge is 0.477 e. The van der Waals surface area contributed by atoms with Gasteiger partial charge < -0.3 is 9.64 Å². The fraction of sp³-hybridized carbons (Fsp3) is 0.350. The highest BCUT2D eigenvalue weighted by molar-refractivity contribution is 5.81. The fourth-order valence-electron chi connectivity index (χ4n) is 3.16. The maximum atomic E-state index is 5.94. The fourth-order valence-corrected chi connectivity index (χ4v) is 3.16. The molecule has 0 radical (unpaired) electrons. The van der Waals surface area contributed by atoms with Crippen LogP contribution in [-0.2, 0) is 11.3 Å². The highest BCUT2D eigenvalue weighted by atomic mass is 16.5. The van der Waals surface area contributed by atoms with E-state index in [9.17, 15) is 0 Å². The first-order valence-corrected chi connectivity index (χ1v) is 8.72. The van der Waals surface area contributed by atoms with Gasteiger partial charge in [-0.3, -0.25) is 9.97 Å². The van der Waals surface area contributed by atoms with Gasteiger partial charge in [0.25, 0.3) is 0 Å². The Morgan fingerprint density at radius 3 is 2.80 bits per heavy atom. The van der Waals surface area contributed by atoms with Crippen molar-refractivity contribution in [1.29, 1.82) is 0 Å². The zero-order chi connectivity index (χ0) is 17.1. The van der Waals surface area contributed by atoms with Crippen molar-refractivity contribution in [3.05, 3.63) is 72.1 Å². The number of nitrogens with zero attached hydrogens (tertiary/aromatic N) is 4. The second-order valence-corrected chi connectivity index (χ2v) is 6.61. The molecule has 1 fully saturated rings. The molecule has 1 saturated carbocycles. The van der Waals surface area contributed by atoms with E-state index in [0.29, 0.717) is 18.4 Å². The van der Waals surface area contributed by atoms with Crippen LogP contribution in [0.1, 0.15) is 30.5 Å². The molecule has 0 N–H and O–H groups in total. The van der Waals surface area contributed by atoms with Crippen LogP contribution in [-0.4, -0.2) is 33.9 Å². The van der Waals surface area contributed by atoms with E-state index in [2.05, 4.69) is 32.0 Å². The summed E-state index contributed by atoms with van der Waals surface area (Å²) in [6, 6.07) is 10.2. The Labute approximate surface area is 148 Å². The lowest BCUT2D eigenvalue weighted by molar-refractivity contribution is 0.189. The van der Waals surface area contributed by atoms with Gasteiger partial charge in [0.1, 0.15) is 5.84 Å². The molecule has 4 rings (SSSR count). The lowest BCUT2D eigenvalue weighted by Crippen LogP contribution is -2.31. The van der Waals surface area contributed by atoms with Gasteiger partial charge >= 0.3 is 0 Å². The van der Waals surface area contributed by atoms with Gasteiger partial charge in [-0.15, -0.1) is 0 Å². The van der Waals surface area contributed by atoms with Gasteiger partial charge in [-0.05, 0) is 49.2 Å². The van der Waals surface area contributed by atoms with Crippen LogP contribution >= 0.6 is 0 Å². The van der Waals surface area contributed by atoms with Gasteiger partial charge in [-0.1, -0.05) is 6.07 Å². The molecule has 0 spiro atoms. The summed E-state index contributed by atoms with van der Waals surface area (Å²) in [6.45, 7) is 4.41. The molecule has 3 heterocycles. The summed E-state index contributed by atoms with van der Waals surface area (Å²) in [4.78, 5) is 15.3. The second-order valence-electron chi connectivity index (χ2n) is 6.61. The molecule has 2 aromatic rings. The summed E-state index contributed by atoms with van der Waals surface area (Å²) >= 11 is 0. The third-order valence-electron chi connectivity index (χ3n) is 4.77. The number of aliphatic imine (C=N–C) groups is 1. The molecule has 1 aliphatic carbocycles. The minimum atomic E-state index is 0.540. The number of ether oxygens (including phenoxy) is 1. The lowest BCUT2D eigenvalue weighted by atomic mass is 10.2. The number of rotatable bonds is 6. The Morgan fingerprint density at radius 2 is 2.04 bits per heavy atom. The molecule has 5 heteroatoms. The van der Waals surface area contributed by atoms with Gasteiger partial charge in [-0.25, -0.2) is 4.99 Å². The number of hydrogen-bond acceptors (Lipinski definition) is 5. The highest BCUT2D eigenvalue weighted by Crippen LogP contribution is 2.46. The standard InChI is InChI=1S/C20H22N4O/c1-15-23-20(7-11-24(15)13-16-5-9-21-10-6-16)25-14-17-12-18(17)19-4-2-3-8-22-19/h2-10,17-18H,11-14H2,1H3. The summed E-state index contributed by atoms with van der Waals surface area (Å²) in [6.07, 6.45) is 8.72. The van der Waals surface area contributed by atoms with E-state index in [1.165, 1.54) is 11.3 Å². The van der Waals surface area contributed by atoms with Crippen molar-refractivity contribution >= 4 is 5.84 Å². The van der Waals surface area contributed by atoms with Gasteiger partial charge in [0.2, 0.25) is 5.88 Å². The molecule has 5 nitrogen and oxygen atoms in total. The quantitative estimate of drug-likeness (QED) is 0.813. The molecular weight excluding hydrogens is 312 g/mol. The van der Waals surface area contributed by atoms with Gasteiger partial charge in [0.15, 0.2) is 0 Å². The zero-order valence-corrected chi connectivity index (χ0v) is 14.4. The first-order valence-electron chi connectivity index (χ1n) is 8.72. The van der Waals surface area contributed by atoms with E-state index < -0.39 is 0 Å². The molecule has 2 atom stereocenters. The molecule has 0 amide bonds. The Hall–Kier alpha value is -2.69. The maximum Gasteiger partial charge on any atom is 0.212 e. The monoisotopic (exact) mass is 334 g/mol. The van der Waals surface area contributed by atoms with Crippen LogP contribution in [0.15, 0.2) is 65.9 Å². The molecule has 0 aromatic carbocycles. The van der Waals surface area contributed by atoms with Crippen molar-refractivity contribution in [2.45, 2.75) is 25.8 Å². The van der Waals surface area contributed by atoms with Gasteiger partial charge in [0.05, 0.1) is 6.61 Å². The third kappa shape index (κ3) is 3.87. The minimum absolute atomic E-state index is 0.540. The van der Waals surface area contributed by atoms with Crippen molar-refractivity contribution < 1.29 is 4.74 Å². The second kappa shape index (κ2) is 7.05. The van der Waals surface area contributed by atoms with Crippen LogP contribution < -0.4 is 0 Å². The average Bonchev–Trinajstić information content (AvgIpc) is 3.43. The summed E-state index contributed by atoms with van der Waals surface area (Å²) in [7, 11) is 0. The van der Waals surface area contributed by atoms with E-state index in [1.54, 1.807) is 0 Å². The molecule has 0 saturated heterocycles. The van der Waals surface area contributed by atoms with Crippen molar-refractivity contribution in [2.24, 2.45) is 10.9 Å². The van der Waals surface area contributed by atoms with E-state index in [-0.39, 0.29) is 0 Å². The van der Waals surface area contributed by atoms with Crippen LogP contribution in [0.2, 0.25) is 0 Å². The number of pyridine rings is 2. The third-order valence-corrected chi connectivity index (χ3v) is 4.77. The van der Waals surface area contributed by atoms with Crippen molar-refractivity contribution in [2.75, 3.05) is 13.2 Å². The lowest BCUT2D eigenvalue weighted by Gasteiger charge is -2.26. The van der Waals surface area contributed by atoms with E-state index in [1.807, 2.05) is 49.8 Å².